The van der Waals surface area contributed by atoms with Gasteiger partial charge in [0.25, 0.3) is 0 Å². The van der Waals surface area contributed by atoms with Gasteiger partial charge in [-0.1, -0.05) is 6.07 Å². The predicted octanol–water partition coefficient (Wildman–Crippen LogP) is 5.67. The van der Waals surface area contributed by atoms with E-state index < -0.39 is 0 Å². The van der Waals surface area contributed by atoms with E-state index in [1.807, 2.05) is 44.1 Å². The van der Waals surface area contributed by atoms with Crippen LogP contribution in [0.25, 0.3) is 17.2 Å². The van der Waals surface area contributed by atoms with Crippen LogP contribution in [0, 0.1) is 5.82 Å². The fraction of sp³-hybridized carbons (Fsp3) is 0.312. The molecule has 0 saturated carbocycles. The molecule has 10 heteroatoms. The van der Waals surface area contributed by atoms with Gasteiger partial charge in [-0.15, -0.1) is 11.8 Å². The second kappa shape index (κ2) is 14.2. The lowest BCUT2D eigenvalue weighted by molar-refractivity contribution is -0.140. The van der Waals surface area contributed by atoms with Crippen LogP contribution in [-0.2, 0) is 20.9 Å². The molecule has 3 aromatic rings. The number of nitrogens with one attached hydrogen (secondary N) is 1. The van der Waals surface area contributed by atoms with Crippen molar-refractivity contribution in [2.75, 3.05) is 47.2 Å². The van der Waals surface area contributed by atoms with E-state index in [2.05, 4.69) is 5.32 Å². The Labute approximate surface area is 249 Å². The van der Waals surface area contributed by atoms with Crippen molar-refractivity contribution < 1.29 is 32.6 Å². The number of benzene rings is 2. The van der Waals surface area contributed by atoms with Gasteiger partial charge in [0, 0.05) is 6.54 Å². The average molecular weight is 595 g/mol. The number of carbonyl (C=O) groups is 2. The molecule has 8 nitrogen and oxygen atoms in total. The molecule has 0 atom stereocenters. The van der Waals surface area contributed by atoms with Crippen LogP contribution < -0.4 is 14.8 Å². The molecule has 0 aliphatic heterocycles. The highest BCUT2D eigenvalue weighted by Gasteiger charge is 2.26. The van der Waals surface area contributed by atoms with Crippen molar-refractivity contribution in [2.45, 2.75) is 24.8 Å². The maximum absolute atomic E-state index is 14.3. The van der Waals surface area contributed by atoms with E-state index in [0.29, 0.717) is 40.9 Å². The van der Waals surface area contributed by atoms with Crippen molar-refractivity contribution in [3.05, 3.63) is 82.6 Å². The predicted molar refractivity (Wildman–Crippen MR) is 162 cm³/mol. The van der Waals surface area contributed by atoms with Gasteiger partial charge in [0.05, 0.1) is 44.1 Å². The number of hydrogen-bond donors (Lipinski definition) is 1. The molecule has 0 radical (unpaired) electrons. The van der Waals surface area contributed by atoms with Gasteiger partial charge >= 0.3 is 5.97 Å². The van der Waals surface area contributed by atoms with Gasteiger partial charge in [-0.25, -0.2) is 4.39 Å². The third-order valence-corrected chi connectivity index (χ3v) is 7.83. The summed E-state index contributed by atoms with van der Waals surface area (Å²) in [5.74, 6) is 0.954. The van der Waals surface area contributed by atoms with Crippen LogP contribution in [0.3, 0.4) is 0 Å². The monoisotopic (exact) mass is 594 g/mol. The van der Waals surface area contributed by atoms with Crippen LogP contribution >= 0.6 is 11.8 Å². The lowest BCUT2D eigenvalue weighted by atomic mass is 10.0. The van der Waals surface area contributed by atoms with E-state index in [0.717, 1.165) is 27.8 Å². The molecule has 4 rings (SSSR count). The molecule has 42 heavy (non-hydrogen) atoms. The molecule has 1 N–H and O–H groups in total. The summed E-state index contributed by atoms with van der Waals surface area (Å²) in [6.45, 7) is 3.17. The quantitative estimate of drug-likeness (QED) is 0.200. The topological polar surface area (TPSA) is 90.2 Å². The van der Waals surface area contributed by atoms with Gasteiger partial charge < -0.3 is 28.8 Å². The van der Waals surface area contributed by atoms with E-state index in [4.69, 9.17) is 18.6 Å². The molecule has 0 bridgehead atoms. The molecular weight excluding hydrogens is 559 g/mol. The second-order valence-corrected chi connectivity index (χ2v) is 10.9. The number of carbonyl (C=O) groups excluding carboxylic acids is 2. The number of esters is 1. The van der Waals surface area contributed by atoms with Crippen molar-refractivity contribution in [3.63, 3.8) is 0 Å². The number of allylic oxidation sites excluding steroid dienone is 2. The lowest BCUT2D eigenvalue weighted by Crippen LogP contribution is -2.22. The Hall–Kier alpha value is -4.02. The Morgan fingerprint density at radius 2 is 1.81 bits per heavy atom. The standard InChI is InChI=1S/C32H35FN2O6S/c1-20-25(24-9-8-22(33)16-27(24)26(20)17-30(36)34-18-23-7-6-11-40-23)13-21-14-28(38-4)32(29(15-21)39-5)42-19-31(37)41-12-10-35(2)3/h6-9,11,13-16H,10,12,17-19H2,1-5H3,(H,34,36). The van der Waals surface area contributed by atoms with Gasteiger partial charge in [0.15, 0.2) is 0 Å². The zero-order valence-corrected chi connectivity index (χ0v) is 25.2. The van der Waals surface area contributed by atoms with Crippen molar-refractivity contribution in [2.24, 2.45) is 0 Å². The molecule has 2 aromatic carbocycles. The number of thioether (sulfide) groups is 1. The minimum Gasteiger partial charge on any atom is -0.495 e. The Morgan fingerprint density at radius 3 is 2.45 bits per heavy atom. The Kier molecular flexibility index (Phi) is 10.5. The van der Waals surface area contributed by atoms with Crippen LogP contribution in [0.2, 0.25) is 0 Å². The Bertz CT molecular complexity index is 1470. The van der Waals surface area contributed by atoms with Gasteiger partial charge in [-0.2, -0.15) is 0 Å². The van der Waals surface area contributed by atoms with E-state index in [1.54, 1.807) is 38.7 Å². The number of ether oxygens (including phenoxy) is 3. The first-order valence-electron chi connectivity index (χ1n) is 13.4. The minimum atomic E-state index is -0.374. The molecule has 1 heterocycles. The summed E-state index contributed by atoms with van der Waals surface area (Å²) < 4.78 is 36.3. The van der Waals surface area contributed by atoms with Gasteiger partial charge in [-0.05, 0) is 96.9 Å². The van der Waals surface area contributed by atoms with Gasteiger partial charge in [-0.3, -0.25) is 9.59 Å². The van der Waals surface area contributed by atoms with E-state index in [-0.39, 0.29) is 36.4 Å². The van der Waals surface area contributed by atoms with Crippen LogP contribution in [0.15, 0.2) is 63.6 Å². The molecule has 0 spiro atoms. The van der Waals surface area contributed by atoms with Gasteiger partial charge in [0.1, 0.15) is 29.7 Å². The third kappa shape index (κ3) is 7.63. The van der Waals surface area contributed by atoms with Crippen molar-refractivity contribution in [1.29, 1.82) is 0 Å². The normalized spacial score (nSPS) is 13.5. The molecule has 222 valence electrons. The van der Waals surface area contributed by atoms with Crippen LogP contribution in [0.4, 0.5) is 4.39 Å². The number of fused-ring (bicyclic) bond motifs is 1. The largest absolute Gasteiger partial charge is 0.495 e. The first-order chi connectivity index (χ1) is 20.2. The molecule has 1 aliphatic carbocycles. The highest BCUT2D eigenvalue weighted by atomic mass is 32.2. The number of amides is 1. The maximum atomic E-state index is 14.3. The minimum absolute atomic E-state index is 0.0905. The smallest absolute Gasteiger partial charge is 0.316 e. The summed E-state index contributed by atoms with van der Waals surface area (Å²) in [5.41, 5.74) is 4.81. The van der Waals surface area contributed by atoms with E-state index >= 15 is 0 Å². The van der Waals surface area contributed by atoms with E-state index in [9.17, 15) is 14.0 Å². The van der Waals surface area contributed by atoms with E-state index in [1.165, 1.54) is 23.9 Å². The molecule has 0 saturated heterocycles. The Balaban J connectivity index is 1.59. The summed E-state index contributed by atoms with van der Waals surface area (Å²) in [7, 11) is 6.94. The average Bonchev–Trinajstić information content (AvgIpc) is 3.57. The zero-order chi connectivity index (χ0) is 30.2. The number of nitrogens with zero attached hydrogens (tertiary/aromatic N) is 1. The molecule has 0 unspecified atom stereocenters. The van der Waals surface area contributed by atoms with Crippen LogP contribution in [-0.4, -0.2) is 64.0 Å². The summed E-state index contributed by atoms with van der Waals surface area (Å²) in [5, 5.41) is 2.86. The number of rotatable bonds is 13. The first-order valence-corrected chi connectivity index (χ1v) is 14.4. The molecule has 1 aromatic heterocycles. The molecule has 1 aliphatic rings. The van der Waals surface area contributed by atoms with Gasteiger partial charge in [0.2, 0.25) is 5.91 Å². The summed E-state index contributed by atoms with van der Waals surface area (Å²) >= 11 is 1.28. The fourth-order valence-corrected chi connectivity index (χ4v) is 5.53. The highest BCUT2D eigenvalue weighted by Crippen LogP contribution is 2.45. The number of likely N-dealkylation sites (N-methyl/N-ethyl adjacent to an activating group) is 1. The number of methoxy groups -OCH3 is 2. The maximum Gasteiger partial charge on any atom is 0.316 e. The summed E-state index contributed by atoms with van der Waals surface area (Å²) in [4.78, 5) is 27.7. The lowest BCUT2D eigenvalue weighted by Gasteiger charge is -2.15. The van der Waals surface area contributed by atoms with Crippen LogP contribution in [0.5, 0.6) is 11.5 Å². The molecule has 0 fully saturated rings. The van der Waals surface area contributed by atoms with Crippen molar-refractivity contribution in [1.82, 2.24) is 10.2 Å². The molecule has 1 amide bonds. The highest BCUT2D eigenvalue weighted by molar-refractivity contribution is 8.00. The number of furan rings is 1. The number of halogens is 1. The zero-order valence-electron chi connectivity index (χ0n) is 24.4. The first kappa shape index (κ1) is 30.9. The van der Waals surface area contributed by atoms with Crippen molar-refractivity contribution in [3.8, 4) is 11.5 Å². The number of hydrogen-bond acceptors (Lipinski definition) is 8. The summed E-state index contributed by atoms with van der Waals surface area (Å²) in [6, 6.07) is 11.9. The Morgan fingerprint density at radius 1 is 1.07 bits per heavy atom. The third-order valence-electron chi connectivity index (χ3n) is 6.76. The summed E-state index contributed by atoms with van der Waals surface area (Å²) in [6.07, 6.45) is 3.61. The SMILES string of the molecule is COc1cc(C=C2C(C)=C(CC(=O)NCc3ccco3)c3cc(F)ccc32)cc(OC)c1SCC(=O)OCCN(C)C. The fourth-order valence-electron chi connectivity index (χ4n) is 4.61. The molecular formula is C32H35FN2O6S. The van der Waals surface area contributed by atoms with Crippen molar-refractivity contribution >= 4 is 40.9 Å². The second-order valence-electron chi connectivity index (χ2n) is 9.95. The van der Waals surface area contributed by atoms with Crippen LogP contribution in [0.1, 0.15) is 35.8 Å².